The summed E-state index contributed by atoms with van der Waals surface area (Å²) in [6.45, 7) is 14.4. The summed E-state index contributed by atoms with van der Waals surface area (Å²) in [5, 5.41) is 0. The first-order valence-electron chi connectivity index (χ1n) is 8.06. The van der Waals surface area contributed by atoms with Crippen LogP contribution < -0.4 is 0 Å². The molecule has 0 unspecified atom stereocenters. The fraction of sp³-hybridized carbons (Fsp3) is 0.556. The SMILES string of the molecule is C[Si](C)(C)CC1=[C-]CC=C1.C[Si](C)(C)CC1=[C-]CC=C1.[Cl][Zr+2][Cl]. The number of rotatable bonds is 4. The van der Waals surface area contributed by atoms with Crippen LogP contribution in [0.1, 0.15) is 12.8 Å². The predicted octanol–water partition coefficient (Wildman–Crippen LogP) is 7.40. The van der Waals surface area contributed by atoms with Crippen LogP contribution in [0.15, 0.2) is 35.5 Å². The topological polar surface area (TPSA) is 0 Å². The number of halogens is 2. The second-order valence-electron chi connectivity index (χ2n) is 8.16. The van der Waals surface area contributed by atoms with Gasteiger partial charge in [-0.3, -0.25) is 12.2 Å². The van der Waals surface area contributed by atoms with Crippen LogP contribution in [0.5, 0.6) is 0 Å². The molecule has 128 valence electrons. The van der Waals surface area contributed by atoms with Crippen LogP contribution in [0.2, 0.25) is 51.4 Å². The van der Waals surface area contributed by atoms with Gasteiger partial charge in [0, 0.05) is 16.1 Å². The maximum atomic E-state index is 4.93. The molecule has 0 fully saturated rings. The third-order valence-electron chi connectivity index (χ3n) is 2.97. The van der Waals surface area contributed by atoms with E-state index in [0.29, 0.717) is 0 Å². The van der Waals surface area contributed by atoms with Crippen LogP contribution in [0.3, 0.4) is 0 Å². The van der Waals surface area contributed by atoms with Crippen molar-refractivity contribution in [1.29, 1.82) is 0 Å². The van der Waals surface area contributed by atoms with E-state index in [2.05, 4.69) is 75.7 Å². The van der Waals surface area contributed by atoms with Gasteiger partial charge in [-0.05, 0) is 0 Å². The van der Waals surface area contributed by atoms with Crippen molar-refractivity contribution < 1.29 is 20.8 Å². The average molecular weight is 465 g/mol. The van der Waals surface area contributed by atoms with Crippen LogP contribution in [-0.4, -0.2) is 16.1 Å². The van der Waals surface area contributed by atoms with E-state index in [4.69, 9.17) is 17.0 Å². The quantitative estimate of drug-likeness (QED) is 0.300. The maximum absolute atomic E-state index is 4.93. The van der Waals surface area contributed by atoms with Gasteiger partial charge < -0.3 is 0 Å². The molecular weight excluding hydrogens is 434 g/mol. The van der Waals surface area contributed by atoms with Crippen molar-refractivity contribution in [2.75, 3.05) is 0 Å². The van der Waals surface area contributed by atoms with Gasteiger partial charge >= 0.3 is 37.9 Å². The molecule has 0 aliphatic heterocycles. The predicted molar refractivity (Wildman–Crippen MR) is 109 cm³/mol. The first-order valence-corrected chi connectivity index (χ1v) is 21.8. The van der Waals surface area contributed by atoms with Gasteiger partial charge in [-0.2, -0.15) is 12.2 Å². The summed E-state index contributed by atoms with van der Waals surface area (Å²) < 4.78 is 0. The van der Waals surface area contributed by atoms with Gasteiger partial charge in [0.05, 0.1) is 0 Å². The fourth-order valence-corrected chi connectivity index (χ4v) is 5.06. The summed E-state index contributed by atoms with van der Waals surface area (Å²) >= 11 is -0.826. The summed E-state index contributed by atoms with van der Waals surface area (Å²) in [7, 11) is 8.12. The summed E-state index contributed by atoms with van der Waals surface area (Å²) in [6.07, 6.45) is 17.6. The molecule has 0 radical (unpaired) electrons. The van der Waals surface area contributed by atoms with E-state index in [9.17, 15) is 0 Å². The van der Waals surface area contributed by atoms with E-state index in [-0.39, 0.29) is 0 Å². The Morgan fingerprint density at radius 2 is 1.13 bits per heavy atom. The van der Waals surface area contributed by atoms with Crippen molar-refractivity contribution in [3.63, 3.8) is 0 Å². The van der Waals surface area contributed by atoms with E-state index in [1.54, 1.807) is 0 Å². The Morgan fingerprint density at radius 1 is 0.826 bits per heavy atom. The summed E-state index contributed by atoms with van der Waals surface area (Å²) in [6, 6.07) is 2.59. The van der Waals surface area contributed by atoms with Crippen LogP contribution in [0.25, 0.3) is 0 Å². The molecule has 0 N–H and O–H groups in total. The molecule has 0 nitrogen and oxygen atoms in total. The van der Waals surface area contributed by atoms with Crippen molar-refractivity contribution in [3.05, 3.63) is 47.6 Å². The van der Waals surface area contributed by atoms with Crippen molar-refractivity contribution in [3.8, 4) is 0 Å². The average Bonchev–Trinajstić information content (AvgIpc) is 3.00. The van der Waals surface area contributed by atoms with E-state index in [0.717, 1.165) is 12.8 Å². The third kappa shape index (κ3) is 16.1. The van der Waals surface area contributed by atoms with Crippen molar-refractivity contribution in [2.45, 2.75) is 64.2 Å². The normalized spacial score (nSPS) is 15.8. The van der Waals surface area contributed by atoms with Crippen molar-refractivity contribution in [1.82, 2.24) is 0 Å². The van der Waals surface area contributed by atoms with Crippen LogP contribution in [-0.2, 0) is 20.8 Å². The van der Waals surface area contributed by atoms with Gasteiger partial charge in [-0.15, -0.1) is 12.8 Å². The minimum absolute atomic E-state index is 0.826. The molecule has 0 aromatic heterocycles. The van der Waals surface area contributed by atoms with Crippen molar-refractivity contribution in [2.24, 2.45) is 0 Å². The van der Waals surface area contributed by atoms with Crippen LogP contribution in [0.4, 0.5) is 0 Å². The molecule has 0 spiro atoms. The summed E-state index contributed by atoms with van der Waals surface area (Å²) in [4.78, 5) is 0. The number of allylic oxidation sites excluding steroid dienone is 8. The zero-order chi connectivity index (χ0) is 17.9. The molecule has 0 heterocycles. The van der Waals surface area contributed by atoms with Gasteiger partial charge in [-0.1, -0.05) is 51.4 Å². The molecule has 2 aliphatic carbocycles. The van der Waals surface area contributed by atoms with E-state index < -0.39 is 37.0 Å². The van der Waals surface area contributed by atoms with Gasteiger partial charge in [0.15, 0.2) is 0 Å². The van der Waals surface area contributed by atoms with Gasteiger partial charge in [-0.25, -0.2) is 23.3 Å². The Labute approximate surface area is 164 Å². The first-order chi connectivity index (χ1) is 10.6. The Kier molecular flexibility index (Phi) is 12.7. The fourth-order valence-electron chi connectivity index (χ4n) is 2.29. The summed E-state index contributed by atoms with van der Waals surface area (Å²) in [5.41, 5.74) is 2.89. The molecule has 0 amide bonds. The molecule has 0 atom stereocenters. The Bertz CT molecular complexity index is 411. The second-order valence-corrected chi connectivity index (χ2v) is 22.8. The molecule has 0 aromatic rings. The molecule has 0 bridgehead atoms. The third-order valence-corrected chi connectivity index (χ3v) is 5.86. The number of hydrogen-bond acceptors (Lipinski definition) is 0. The van der Waals surface area contributed by atoms with Gasteiger partial charge in [0.25, 0.3) is 0 Å². The number of hydrogen-bond donors (Lipinski definition) is 0. The molecule has 0 aromatic carbocycles. The Hall–Kier alpha value is 0.857. The zero-order valence-electron chi connectivity index (χ0n) is 15.4. The molecule has 0 saturated heterocycles. The van der Waals surface area contributed by atoms with E-state index in [1.165, 1.54) is 23.2 Å². The Balaban J connectivity index is 0.000000360. The molecule has 5 heteroatoms. The van der Waals surface area contributed by atoms with Gasteiger partial charge in [0.2, 0.25) is 0 Å². The molecule has 0 saturated carbocycles. The summed E-state index contributed by atoms with van der Waals surface area (Å²) in [5.74, 6) is 0. The van der Waals surface area contributed by atoms with Crippen molar-refractivity contribution >= 4 is 33.2 Å². The van der Waals surface area contributed by atoms with E-state index >= 15 is 0 Å². The molecule has 2 aliphatic rings. The monoisotopic (exact) mass is 462 g/mol. The van der Waals surface area contributed by atoms with Crippen LogP contribution >= 0.6 is 17.0 Å². The molecule has 2 rings (SSSR count). The standard InChI is InChI=1S/2C9H15Si.2ClH.Zr/c2*1-10(2,3)8-9-6-4-5-7-9;;;/h2*4,6H,5,8H2,1-3H3;2*1H;/q2*-1;;;+4/p-2. The second kappa shape index (κ2) is 12.2. The minimum atomic E-state index is -0.873. The molecular formula is C18H30Cl2Si2Zr. The first kappa shape index (κ1) is 23.9. The Morgan fingerprint density at radius 3 is 1.30 bits per heavy atom. The van der Waals surface area contributed by atoms with Gasteiger partial charge in [0.1, 0.15) is 0 Å². The zero-order valence-corrected chi connectivity index (χ0v) is 21.4. The van der Waals surface area contributed by atoms with E-state index in [1.807, 2.05) is 0 Å². The molecule has 23 heavy (non-hydrogen) atoms. The van der Waals surface area contributed by atoms with Crippen LogP contribution in [0, 0.1) is 12.2 Å².